The number of esters is 1. The van der Waals surface area contributed by atoms with Gasteiger partial charge in [-0.05, 0) is 57.6 Å². The fourth-order valence-electron chi connectivity index (χ4n) is 6.63. The first-order valence-corrected chi connectivity index (χ1v) is 13.5. The number of hydrogen-bond acceptors (Lipinski definition) is 6. The summed E-state index contributed by atoms with van der Waals surface area (Å²) in [6.45, 7) is 11.7. The van der Waals surface area contributed by atoms with Crippen LogP contribution in [-0.4, -0.2) is 62.6 Å². The van der Waals surface area contributed by atoms with Gasteiger partial charge < -0.3 is 20.1 Å². The highest BCUT2D eigenvalue weighted by Gasteiger charge is 2.78. The van der Waals surface area contributed by atoms with Crippen LogP contribution in [0.15, 0.2) is 18.2 Å². The van der Waals surface area contributed by atoms with Crippen molar-refractivity contribution in [2.45, 2.75) is 82.4 Å². The van der Waals surface area contributed by atoms with Crippen molar-refractivity contribution in [2.75, 3.05) is 18.5 Å². The molecular weight excluding hydrogens is 464 g/mol. The number of hydrogen-bond donors (Lipinski definition) is 2. The van der Waals surface area contributed by atoms with Gasteiger partial charge in [-0.2, -0.15) is 0 Å². The molecule has 3 aliphatic heterocycles. The Morgan fingerprint density at radius 2 is 1.91 bits per heavy atom. The standard InChI is InChI=1S/C27H38N2O5S/c1-7-15(3)18(14-30)29-22(23(31)28-21-16(4)10-9-11-17(21)5)27-13-12-26(6,35-27)20(19(27)24(29)32)25(33)34-8-2/h9-11,15,18-20,22,30H,7-8,12-14H2,1-6H3,(H,28,31)/t15-,18-,19-,20+,22?,26-,27?/m0/s1. The molecule has 1 spiro atoms. The zero-order valence-corrected chi connectivity index (χ0v) is 22.4. The van der Waals surface area contributed by atoms with Gasteiger partial charge in [-0.1, -0.05) is 38.5 Å². The van der Waals surface area contributed by atoms with Crippen LogP contribution in [0, 0.1) is 31.6 Å². The van der Waals surface area contributed by atoms with Crippen LogP contribution < -0.4 is 5.32 Å². The van der Waals surface area contributed by atoms with Crippen LogP contribution in [0.25, 0.3) is 0 Å². The number of benzene rings is 1. The van der Waals surface area contributed by atoms with Crippen LogP contribution in [-0.2, 0) is 19.1 Å². The van der Waals surface area contributed by atoms with Crippen LogP contribution in [0.1, 0.15) is 58.1 Å². The van der Waals surface area contributed by atoms with Crippen LogP contribution in [0.3, 0.4) is 0 Å². The summed E-state index contributed by atoms with van der Waals surface area (Å²) in [7, 11) is 0. The number of para-hydroxylation sites is 1. The number of nitrogens with zero attached hydrogens (tertiary/aromatic N) is 1. The zero-order chi connectivity index (χ0) is 25.7. The van der Waals surface area contributed by atoms with Gasteiger partial charge in [0.25, 0.3) is 0 Å². The molecule has 4 rings (SSSR count). The number of amides is 2. The average Bonchev–Trinajstić information content (AvgIpc) is 3.38. The molecule has 2 unspecified atom stereocenters. The molecule has 0 aliphatic carbocycles. The first-order valence-electron chi connectivity index (χ1n) is 12.7. The second kappa shape index (κ2) is 9.43. The summed E-state index contributed by atoms with van der Waals surface area (Å²) in [5.74, 6) is -2.07. The van der Waals surface area contributed by atoms with Crippen molar-refractivity contribution in [3.8, 4) is 0 Å². The quantitative estimate of drug-likeness (QED) is 0.527. The number of rotatable bonds is 8. The van der Waals surface area contributed by atoms with E-state index in [0.717, 1.165) is 29.7 Å². The van der Waals surface area contributed by atoms with Crippen molar-refractivity contribution in [3.05, 3.63) is 29.3 Å². The lowest BCUT2D eigenvalue weighted by molar-refractivity contribution is -0.155. The Kier molecular flexibility index (Phi) is 7.01. The van der Waals surface area contributed by atoms with E-state index in [4.69, 9.17) is 4.74 Å². The number of carbonyl (C=O) groups excluding carboxylic acids is 3. The summed E-state index contributed by atoms with van der Waals surface area (Å²) in [6.07, 6.45) is 2.16. The van der Waals surface area contributed by atoms with E-state index >= 15 is 0 Å². The maximum atomic E-state index is 14.2. The molecule has 2 bridgehead atoms. The Labute approximate surface area is 212 Å². The molecule has 0 saturated carbocycles. The third kappa shape index (κ3) is 3.88. The molecule has 0 radical (unpaired) electrons. The van der Waals surface area contributed by atoms with Crippen molar-refractivity contribution in [3.63, 3.8) is 0 Å². The van der Waals surface area contributed by atoms with Crippen molar-refractivity contribution in [1.29, 1.82) is 0 Å². The van der Waals surface area contributed by atoms with Gasteiger partial charge in [0, 0.05) is 10.4 Å². The Morgan fingerprint density at radius 3 is 2.49 bits per heavy atom. The van der Waals surface area contributed by atoms with Crippen LogP contribution in [0.4, 0.5) is 5.69 Å². The SMILES string of the molecule is CCOC(=O)[C@H]1[C@H]2C(=O)N([C@@H](CO)[C@@H](C)CC)C(C(=O)Nc3c(C)cccc3C)C23CC[C@]1(C)S3. The van der Waals surface area contributed by atoms with Crippen LogP contribution >= 0.6 is 11.8 Å². The molecule has 35 heavy (non-hydrogen) atoms. The fourth-order valence-corrected chi connectivity index (χ4v) is 8.96. The van der Waals surface area contributed by atoms with E-state index < -0.39 is 33.4 Å². The molecule has 3 saturated heterocycles. The number of likely N-dealkylation sites (tertiary alicyclic amines) is 1. The monoisotopic (exact) mass is 502 g/mol. The molecule has 3 fully saturated rings. The van der Waals surface area contributed by atoms with E-state index in [2.05, 4.69) is 5.32 Å². The molecule has 3 heterocycles. The number of carbonyl (C=O) groups is 3. The summed E-state index contributed by atoms with van der Waals surface area (Å²) in [5.41, 5.74) is 2.65. The number of aryl methyl sites for hydroxylation is 2. The number of ether oxygens (including phenoxy) is 1. The number of fused-ring (bicyclic) bond motifs is 1. The first kappa shape index (κ1) is 26.0. The highest BCUT2D eigenvalue weighted by Crippen LogP contribution is 2.71. The van der Waals surface area contributed by atoms with E-state index in [-0.39, 0.29) is 36.9 Å². The number of aliphatic hydroxyl groups excluding tert-OH is 1. The van der Waals surface area contributed by atoms with Gasteiger partial charge in [-0.25, -0.2) is 0 Å². The summed E-state index contributed by atoms with van der Waals surface area (Å²) < 4.78 is 4.25. The molecule has 7 nitrogen and oxygen atoms in total. The summed E-state index contributed by atoms with van der Waals surface area (Å²) in [5, 5.41) is 13.5. The Morgan fingerprint density at radius 1 is 1.26 bits per heavy atom. The van der Waals surface area contributed by atoms with Gasteiger partial charge in [0.1, 0.15) is 6.04 Å². The van der Waals surface area contributed by atoms with Crippen molar-refractivity contribution < 1.29 is 24.2 Å². The second-order valence-corrected chi connectivity index (χ2v) is 12.5. The Bertz CT molecular complexity index is 1010. The van der Waals surface area contributed by atoms with Gasteiger partial charge in [0.15, 0.2) is 0 Å². The van der Waals surface area contributed by atoms with E-state index in [1.165, 1.54) is 0 Å². The van der Waals surface area contributed by atoms with E-state index in [1.807, 2.05) is 52.8 Å². The number of thioether (sulfide) groups is 1. The highest BCUT2D eigenvalue weighted by atomic mass is 32.2. The third-order valence-corrected chi connectivity index (χ3v) is 10.6. The first-order chi connectivity index (χ1) is 16.6. The third-order valence-electron chi connectivity index (χ3n) is 8.58. The maximum absolute atomic E-state index is 14.2. The number of aliphatic hydroxyl groups is 1. The van der Waals surface area contributed by atoms with E-state index in [1.54, 1.807) is 23.6 Å². The lowest BCUT2D eigenvalue weighted by Crippen LogP contribution is -2.56. The van der Waals surface area contributed by atoms with Crippen molar-refractivity contribution in [1.82, 2.24) is 4.90 Å². The van der Waals surface area contributed by atoms with Gasteiger partial charge in [-0.3, -0.25) is 14.4 Å². The molecular formula is C27H38N2O5S. The van der Waals surface area contributed by atoms with Crippen molar-refractivity contribution in [2.24, 2.45) is 17.8 Å². The summed E-state index contributed by atoms with van der Waals surface area (Å²) in [4.78, 5) is 43.1. The molecule has 7 atom stereocenters. The minimum atomic E-state index is -0.781. The lowest BCUT2D eigenvalue weighted by atomic mass is 9.66. The largest absolute Gasteiger partial charge is 0.466 e. The van der Waals surface area contributed by atoms with Gasteiger partial charge in [-0.15, -0.1) is 11.8 Å². The fraction of sp³-hybridized carbons (Fsp3) is 0.667. The molecule has 0 aromatic heterocycles. The van der Waals surface area contributed by atoms with E-state index in [9.17, 15) is 19.5 Å². The molecule has 1 aromatic rings. The minimum absolute atomic E-state index is 0.00601. The Balaban J connectivity index is 1.82. The molecule has 1 aromatic carbocycles. The topological polar surface area (TPSA) is 95.9 Å². The molecule has 2 N–H and O–H groups in total. The summed E-state index contributed by atoms with van der Waals surface area (Å²) in [6, 6.07) is 4.56. The van der Waals surface area contributed by atoms with Crippen LogP contribution in [0.5, 0.6) is 0 Å². The van der Waals surface area contributed by atoms with Crippen LogP contribution in [0.2, 0.25) is 0 Å². The van der Waals surface area contributed by atoms with Crippen molar-refractivity contribution >= 4 is 35.2 Å². The minimum Gasteiger partial charge on any atom is -0.466 e. The van der Waals surface area contributed by atoms with E-state index in [0.29, 0.717) is 6.42 Å². The normalized spacial score (nSPS) is 32.9. The predicted octanol–water partition coefficient (Wildman–Crippen LogP) is 3.69. The number of nitrogens with one attached hydrogen (secondary N) is 1. The van der Waals surface area contributed by atoms with Gasteiger partial charge in [0.05, 0.1) is 35.8 Å². The zero-order valence-electron chi connectivity index (χ0n) is 21.6. The molecule has 2 amide bonds. The summed E-state index contributed by atoms with van der Waals surface area (Å²) >= 11 is 1.62. The highest BCUT2D eigenvalue weighted by molar-refractivity contribution is 8.02. The number of anilines is 1. The smallest absolute Gasteiger partial charge is 0.311 e. The maximum Gasteiger partial charge on any atom is 0.311 e. The van der Waals surface area contributed by atoms with Gasteiger partial charge in [0.2, 0.25) is 11.8 Å². The molecule has 8 heteroatoms. The van der Waals surface area contributed by atoms with Gasteiger partial charge >= 0.3 is 5.97 Å². The average molecular weight is 503 g/mol. The predicted molar refractivity (Wildman–Crippen MR) is 137 cm³/mol. The molecule has 192 valence electrons. The Hall–Kier alpha value is -2.06. The molecule has 3 aliphatic rings. The second-order valence-electron chi connectivity index (χ2n) is 10.6. The lowest BCUT2D eigenvalue weighted by Gasteiger charge is -2.39.